The molecule has 0 aliphatic rings. The number of ketones is 1. The Morgan fingerprint density at radius 3 is 2.31 bits per heavy atom. The number of carbonyl (C=O) groups excluding carboxylic acids is 1. The van der Waals surface area contributed by atoms with Gasteiger partial charge in [-0.1, -0.05) is 81.8 Å². The Hall–Kier alpha value is -2.01. The number of nitrogens with one attached hydrogen (secondary N) is 1. The number of carbonyl (C=O) groups is 1. The van der Waals surface area contributed by atoms with Crippen LogP contribution in [0.2, 0.25) is 0 Å². The minimum absolute atomic E-state index is 0.0512. The molecular formula is C25H35NO3. The molecule has 0 aliphatic heterocycles. The summed E-state index contributed by atoms with van der Waals surface area (Å²) in [5.74, 6) is -0.0512. The summed E-state index contributed by atoms with van der Waals surface area (Å²) in [6.45, 7) is 6.81. The van der Waals surface area contributed by atoms with Crippen LogP contribution in [0.15, 0.2) is 54.6 Å². The van der Waals surface area contributed by atoms with E-state index in [1.165, 1.54) is 18.4 Å². The SMILES string of the molecule is CCCCc1ccc(CC(OCC(O)CNC(C)C)C(=O)c2ccccc2)cc1. The van der Waals surface area contributed by atoms with E-state index < -0.39 is 12.2 Å². The number of hydrogen-bond acceptors (Lipinski definition) is 4. The van der Waals surface area contributed by atoms with Crippen molar-refractivity contribution >= 4 is 5.78 Å². The van der Waals surface area contributed by atoms with Crippen LogP contribution < -0.4 is 5.32 Å². The van der Waals surface area contributed by atoms with Crippen LogP contribution in [0.3, 0.4) is 0 Å². The summed E-state index contributed by atoms with van der Waals surface area (Å²) in [7, 11) is 0. The van der Waals surface area contributed by atoms with E-state index in [1.807, 2.05) is 44.2 Å². The first-order valence-electron chi connectivity index (χ1n) is 10.7. The number of aliphatic hydroxyl groups excluding tert-OH is 1. The van der Waals surface area contributed by atoms with Crippen molar-refractivity contribution in [1.29, 1.82) is 0 Å². The highest BCUT2D eigenvalue weighted by Crippen LogP contribution is 2.15. The molecule has 2 rings (SSSR count). The molecule has 2 atom stereocenters. The van der Waals surface area contributed by atoms with E-state index in [2.05, 4.69) is 36.5 Å². The fraction of sp³-hybridized carbons (Fsp3) is 0.480. The molecule has 0 amide bonds. The molecular weight excluding hydrogens is 362 g/mol. The number of rotatable bonds is 13. The van der Waals surface area contributed by atoms with Crippen LogP contribution >= 0.6 is 0 Å². The highest BCUT2D eigenvalue weighted by atomic mass is 16.5. The van der Waals surface area contributed by atoms with E-state index in [4.69, 9.17) is 4.74 Å². The zero-order valence-electron chi connectivity index (χ0n) is 17.9. The van der Waals surface area contributed by atoms with Crippen molar-refractivity contribution < 1.29 is 14.6 Å². The normalized spacial score (nSPS) is 13.4. The Labute approximate surface area is 175 Å². The standard InChI is InChI=1S/C25H35NO3/c1-4-5-9-20-12-14-21(15-13-20)16-24(25(28)22-10-7-6-8-11-22)29-18-23(27)17-26-19(2)3/h6-8,10-15,19,23-24,26-27H,4-5,9,16-18H2,1-3H3. The second-order valence-corrected chi connectivity index (χ2v) is 7.89. The summed E-state index contributed by atoms with van der Waals surface area (Å²) < 4.78 is 5.91. The Balaban J connectivity index is 2.04. The summed E-state index contributed by atoms with van der Waals surface area (Å²) in [6.07, 6.45) is 2.66. The van der Waals surface area contributed by atoms with Crippen molar-refractivity contribution in [1.82, 2.24) is 5.32 Å². The summed E-state index contributed by atoms with van der Waals surface area (Å²) in [5, 5.41) is 13.4. The van der Waals surface area contributed by atoms with Gasteiger partial charge in [0, 0.05) is 24.6 Å². The van der Waals surface area contributed by atoms with Gasteiger partial charge >= 0.3 is 0 Å². The first kappa shape index (κ1) is 23.3. The van der Waals surface area contributed by atoms with Crippen molar-refractivity contribution in [2.45, 2.75) is 64.7 Å². The molecule has 2 N–H and O–H groups in total. The molecule has 0 spiro atoms. The summed E-state index contributed by atoms with van der Waals surface area (Å²) in [6, 6.07) is 17.9. The number of hydrogen-bond donors (Lipinski definition) is 2. The molecule has 2 aromatic carbocycles. The molecule has 0 aliphatic carbocycles. The van der Waals surface area contributed by atoms with E-state index >= 15 is 0 Å². The second-order valence-electron chi connectivity index (χ2n) is 7.89. The summed E-state index contributed by atoms with van der Waals surface area (Å²) in [4.78, 5) is 13.0. The molecule has 158 valence electrons. The third-order valence-corrected chi connectivity index (χ3v) is 4.87. The highest BCUT2D eigenvalue weighted by Gasteiger charge is 2.22. The van der Waals surface area contributed by atoms with Crippen LogP contribution in [0.25, 0.3) is 0 Å². The molecule has 2 aromatic rings. The first-order valence-corrected chi connectivity index (χ1v) is 10.7. The monoisotopic (exact) mass is 397 g/mol. The van der Waals surface area contributed by atoms with Crippen LogP contribution in [0.4, 0.5) is 0 Å². The number of Topliss-reactive ketones (excluding diaryl/α,β-unsaturated/α-hetero) is 1. The highest BCUT2D eigenvalue weighted by molar-refractivity contribution is 5.99. The number of unbranched alkanes of at least 4 members (excludes halogenated alkanes) is 1. The maximum absolute atomic E-state index is 13.0. The van der Waals surface area contributed by atoms with E-state index in [9.17, 15) is 9.90 Å². The molecule has 2 unspecified atom stereocenters. The van der Waals surface area contributed by atoms with Gasteiger partial charge in [0.1, 0.15) is 6.10 Å². The third kappa shape index (κ3) is 8.48. The molecule has 0 saturated carbocycles. The lowest BCUT2D eigenvalue weighted by molar-refractivity contribution is -0.00216. The lowest BCUT2D eigenvalue weighted by atomic mass is 9.98. The van der Waals surface area contributed by atoms with Gasteiger partial charge in [0.25, 0.3) is 0 Å². The van der Waals surface area contributed by atoms with Crippen molar-refractivity contribution in [2.24, 2.45) is 0 Å². The van der Waals surface area contributed by atoms with Gasteiger partial charge in [-0.2, -0.15) is 0 Å². The fourth-order valence-electron chi connectivity index (χ4n) is 3.11. The Kier molecular flexibility index (Phi) is 10.1. The number of aliphatic hydroxyl groups is 1. The molecule has 0 bridgehead atoms. The fourth-order valence-corrected chi connectivity index (χ4v) is 3.11. The average Bonchev–Trinajstić information content (AvgIpc) is 2.74. The predicted molar refractivity (Wildman–Crippen MR) is 118 cm³/mol. The van der Waals surface area contributed by atoms with E-state index in [0.29, 0.717) is 18.5 Å². The van der Waals surface area contributed by atoms with Crippen molar-refractivity contribution in [2.75, 3.05) is 13.2 Å². The van der Waals surface area contributed by atoms with E-state index in [0.717, 1.165) is 12.0 Å². The number of benzene rings is 2. The first-order chi connectivity index (χ1) is 14.0. The zero-order chi connectivity index (χ0) is 21.1. The third-order valence-electron chi connectivity index (χ3n) is 4.87. The quantitative estimate of drug-likeness (QED) is 0.498. The summed E-state index contributed by atoms with van der Waals surface area (Å²) in [5.41, 5.74) is 3.01. The second kappa shape index (κ2) is 12.5. The lowest BCUT2D eigenvalue weighted by Gasteiger charge is -2.20. The van der Waals surface area contributed by atoms with Crippen LogP contribution in [0.1, 0.15) is 55.1 Å². The largest absolute Gasteiger partial charge is 0.389 e. The lowest BCUT2D eigenvalue weighted by Crippen LogP contribution is -2.37. The van der Waals surface area contributed by atoms with E-state index in [1.54, 1.807) is 0 Å². The number of aryl methyl sites for hydroxylation is 1. The van der Waals surface area contributed by atoms with Crippen molar-refractivity contribution in [3.63, 3.8) is 0 Å². The maximum atomic E-state index is 13.0. The predicted octanol–water partition coefficient (Wildman–Crippen LogP) is 4.20. The average molecular weight is 398 g/mol. The van der Waals surface area contributed by atoms with Crippen LogP contribution in [0, 0.1) is 0 Å². The minimum Gasteiger partial charge on any atom is -0.389 e. The molecule has 4 nitrogen and oxygen atoms in total. The van der Waals surface area contributed by atoms with Gasteiger partial charge in [-0.05, 0) is 24.0 Å². The molecule has 29 heavy (non-hydrogen) atoms. The molecule has 0 saturated heterocycles. The number of ether oxygens (including phenoxy) is 1. The van der Waals surface area contributed by atoms with Gasteiger partial charge in [0.15, 0.2) is 5.78 Å². The van der Waals surface area contributed by atoms with Gasteiger partial charge in [-0.25, -0.2) is 0 Å². The van der Waals surface area contributed by atoms with Crippen LogP contribution in [-0.2, 0) is 17.6 Å². The molecule has 4 heteroatoms. The van der Waals surface area contributed by atoms with Gasteiger partial charge in [-0.3, -0.25) is 4.79 Å². The maximum Gasteiger partial charge on any atom is 0.191 e. The molecule has 0 heterocycles. The van der Waals surface area contributed by atoms with Crippen LogP contribution in [0.5, 0.6) is 0 Å². The van der Waals surface area contributed by atoms with Crippen LogP contribution in [-0.4, -0.2) is 42.3 Å². The molecule has 0 fully saturated rings. The van der Waals surface area contributed by atoms with Gasteiger partial charge in [0.05, 0.1) is 12.7 Å². The summed E-state index contributed by atoms with van der Waals surface area (Å²) >= 11 is 0. The van der Waals surface area contributed by atoms with Gasteiger partial charge in [0.2, 0.25) is 0 Å². The molecule has 0 radical (unpaired) electrons. The Morgan fingerprint density at radius 1 is 1.03 bits per heavy atom. The Bertz CT molecular complexity index is 713. The minimum atomic E-state index is -0.653. The zero-order valence-corrected chi connectivity index (χ0v) is 17.9. The Morgan fingerprint density at radius 2 is 1.69 bits per heavy atom. The van der Waals surface area contributed by atoms with Gasteiger partial charge < -0.3 is 15.2 Å². The van der Waals surface area contributed by atoms with Crippen molar-refractivity contribution in [3.05, 3.63) is 71.3 Å². The molecule has 0 aromatic heterocycles. The van der Waals surface area contributed by atoms with Crippen molar-refractivity contribution in [3.8, 4) is 0 Å². The smallest absolute Gasteiger partial charge is 0.191 e. The topological polar surface area (TPSA) is 58.6 Å². The van der Waals surface area contributed by atoms with E-state index in [-0.39, 0.29) is 18.4 Å². The van der Waals surface area contributed by atoms with Gasteiger partial charge in [-0.15, -0.1) is 0 Å².